The number of carbonyl (C=O) groups excluding carboxylic acids is 4. The van der Waals surface area contributed by atoms with Crippen molar-refractivity contribution in [2.24, 2.45) is 0 Å². The van der Waals surface area contributed by atoms with E-state index in [0.29, 0.717) is 56.7 Å². The van der Waals surface area contributed by atoms with Crippen molar-refractivity contribution in [2.75, 3.05) is 18.0 Å². The summed E-state index contributed by atoms with van der Waals surface area (Å²) < 4.78 is 0. The molecular weight excluding hydrogens is 426 g/mol. The van der Waals surface area contributed by atoms with Crippen molar-refractivity contribution in [2.45, 2.75) is 17.7 Å². The van der Waals surface area contributed by atoms with Crippen molar-refractivity contribution in [1.29, 1.82) is 0 Å². The van der Waals surface area contributed by atoms with Gasteiger partial charge in [-0.25, -0.2) is 14.9 Å². The third kappa shape index (κ3) is 2.47. The van der Waals surface area contributed by atoms with Gasteiger partial charge in [-0.1, -0.05) is 0 Å². The van der Waals surface area contributed by atoms with Gasteiger partial charge in [0.2, 0.25) is 0 Å². The van der Waals surface area contributed by atoms with Gasteiger partial charge in [-0.05, 0) is 61.4 Å². The third-order valence-corrected chi connectivity index (χ3v) is 6.64. The van der Waals surface area contributed by atoms with Crippen LogP contribution in [-0.2, 0) is 0 Å². The van der Waals surface area contributed by atoms with E-state index in [1.807, 2.05) is 0 Å². The van der Waals surface area contributed by atoms with Crippen LogP contribution in [0.5, 0.6) is 0 Å². The summed E-state index contributed by atoms with van der Waals surface area (Å²) >= 11 is 4.26. The maximum atomic E-state index is 13.4. The number of amides is 4. The Morgan fingerprint density at radius 2 is 1.03 bits per heavy atom. The van der Waals surface area contributed by atoms with Crippen LogP contribution in [0.4, 0.5) is 5.69 Å². The zero-order valence-corrected chi connectivity index (χ0v) is 17.8. The molecule has 0 N–H and O–H groups in total. The Labute approximate surface area is 188 Å². The van der Waals surface area contributed by atoms with Gasteiger partial charge in [0.25, 0.3) is 23.6 Å². The SMILES string of the molecule is O=C1c2ccc3c4c(ccc(c24)C(=O)N1c1ccc(S)cc1)C(=O)N(N1CCCC1)C3=O. The molecular formula is C24H17N3O4S. The van der Waals surface area contributed by atoms with E-state index in [1.165, 1.54) is 5.01 Å². The highest BCUT2D eigenvalue weighted by Gasteiger charge is 2.42. The topological polar surface area (TPSA) is 78.0 Å². The predicted octanol–water partition coefficient (Wildman–Crippen LogP) is 3.54. The predicted molar refractivity (Wildman–Crippen MR) is 120 cm³/mol. The molecule has 1 fully saturated rings. The Kier molecular flexibility index (Phi) is 4.05. The summed E-state index contributed by atoms with van der Waals surface area (Å²) in [4.78, 5) is 55.1. The second-order valence-electron chi connectivity index (χ2n) is 8.12. The first-order valence-electron chi connectivity index (χ1n) is 10.4. The van der Waals surface area contributed by atoms with Gasteiger partial charge < -0.3 is 0 Å². The largest absolute Gasteiger partial charge is 0.276 e. The summed E-state index contributed by atoms with van der Waals surface area (Å²) in [7, 11) is 0. The van der Waals surface area contributed by atoms with Crippen LogP contribution in [-0.4, -0.2) is 46.7 Å². The molecule has 6 rings (SSSR count). The van der Waals surface area contributed by atoms with Crippen LogP contribution >= 0.6 is 12.6 Å². The fourth-order valence-corrected chi connectivity index (χ4v) is 5.00. The second kappa shape index (κ2) is 6.75. The Morgan fingerprint density at radius 3 is 1.50 bits per heavy atom. The molecule has 0 saturated carbocycles. The average Bonchev–Trinajstić information content (AvgIpc) is 3.32. The number of anilines is 1. The van der Waals surface area contributed by atoms with Crippen LogP contribution in [0.3, 0.4) is 0 Å². The maximum absolute atomic E-state index is 13.4. The summed E-state index contributed by atoms with van der Waals surface area (Å²) in [5, 5.41) is 3.75. The Morgan fingerprint density at radius 1 is 0.594 bits per heavy atom. The van der Waals surface area contributed by atoms with E-state index in [0.717, 1.165) is 17.7 Å². The lowest BCUT2D eigenvalue weighted by Gasteiger charge is -2.35. The monoisotopic (exact) mass is 443 g/mol. The summed E-state index contributed by atoms with van der Waals surface area (Å²) in [6.45, 7) is 1.28. The van der Waals surface area contributed by atoms with Gasteiger partial charge in [0.15, 0.2) is 0 Å². The first-order valence-corrected chi connectivity index (χ1v) is 10.8. The van der Waals surface area contributed by atoms with E-state index in [4.69, 9.17) is 0 Å². The van der Waals surface area contributed by atoms with Crippen molar-refractivity contribution < 1.29 is 19.2 Å². The highest BCUT2D eigenvalue weighted by molar-refractivity contribution is 7.80. The highest BCUT2D eigenvalue weighted by atomic mass is 32.1. The van der Waals surface area contributed by atoms with E-state index in [9.17, 15) is 19.2 Å². The average molecular weight is 443 g/mol. The van der Waals surface area contributed by atoms with Gasteiger partial charge in [0.1, 0.15) is 0 Å². The minimum Gasteiger partial charge on any atom is -0.268 e. The number of rotatable bonds is 2. The maximum Gasteiger partial charge on any atom is 0.276 e. The molecule has 0 aromatic heterocycles. The minimum absolute atomic E-state index is 0.297. The molecule has 1 saturated heterocycles. The van der Waals surface area contributed by atoms with Gasteiger partial charge >= 0.3 is 0 Å². The van der Waals surface area contributed by atoms with E-state index < -0.39 is 23.6 Å². The molecule has 3 aliphatic heterocycles. The quantitative estimate of drug-likeness (QED) is 0.484. The Bertz CT molecular complexity index is 1310. The van der Waals surface area contributed by atoms with Gasteiger partial charge in [0.05, 0.1) is 16.8 Å². The van der Waals surface area contributed by atoms with E-state index in [-0.39, 0.29) is 0 Å². The van der Waals surface area contributed by atoms with Crippen molar-refractivity contribution >= 4 is 52.7 Å². The fraction of sp³-hybridized carbons (Fsp3) is 0.167. The standard InChI is InChI=1S/C24H17N3O4S/c28-21-15-7-9-17-20-18(24(31)27(23(17)30)25-11-1-2-12-25)10-8-16(19(15)20)22(29)26(21)13-3-5-14(32)6-4-13/h3-10,32H,1-2,11-12H2. The molecule has 8 heteroatoms. The lowest BCUT2D eigenvalue weighted by Crippen LogP contribution is -2.51. The summed E-state index contributed by atoms with van der Waals surface area (Å²) in [6, 6.07) is 13.1. The molecule has 7 nitrogen and oxygen atoms in total. The third-order valence-electron chi connectivity index (χ3n) is 6.35. The summed E-state index contributed by atoms with van der Waals surface area (Å²) in [6.07, 6.45) is 1.84. The molecule has 4 amide bonds. The zero-order valence-electron chi connectivity index (χ0n) is 16.9. The zero-order chi connectivity index (χ0) is 22.1. The van der Waals surface area contributed by atoms with Crippen LogP contribution in [0.2, 0.25) is 0 Å². The number of nitrogens with zero attached hydrogens (tertiary/aromatic N) is 3. The number of hydrogen-bond acceptors (Lipinski definition) is 6. The smallest absolute Gasteiger partial charge is 0.268 e. The molecule has 3 aliphatic rings. The Hall–Kier alpha value is -3.49. The molecule has 0 radical (unpaired) electrons. The highest BCUT2D eigenvalue weighted by Crippen LogP contribution is 2.39. The summed E-state index contributed by atoms with van der Waals surface area (Å²) in [5.41, 5.74) is 1.70. The van der Waals surface area contributed by atoms with Gasteiger partial charge in [-0.3, -0.25) is 19.2 Å². The van der Waals surface area contributed by atoms with Crippen LogP contribution in [0.1, 0.15) is 54.3 Å². The van der Waals surface area contributed by atoms with Crippen LogP contribution in [0, 0.1) is 0 Å². The van der Waals surface area contributed by atoms with E-state index in [1.54, 1.807) is 53.5 Å². The normalized spacial score (nSPS) is 18.3. The molecule has 0 aliphatic carbocycles. The van der Waals surface area contributed by atoms with Crippen LogP contribution in [0.15, 0.2) is 53.4 Å². The van der Waals surface area contributed by atoms with Gasteiger partial charge in [-0.2, -0.15) is 0 Å². The first-order chi connectivity index (χ1) is 15.5. The molecule has 3 aromatic rings. The molecule has 32 heavy (non-hydrogen) atoms. The Balaban J connectivity index is 1.55. The number of hydrogen-bond donors (Lipinski definition) is 1. The molecule has 0 atom stereocenters. The number of carbonyl (C=O) groups is 4. The first kappa shape index (κ1) is 19.2. The number of thiol groups is 1. The van der Waals surface area contributed by atoms with Crippen LogP contribution in [0.25, 0.3) is 10.8 Å². The summed E-state index contributed by atoms with van der Waals surface area (Å²) in [5.74, 6) is -1.81. The number of hydrazine groups is 1. The minimum atomic E-state index is -0.486. The lowest BCUT2D eigenvalue weighted by atomic mass is 9.86. The van der Waals surface area contributed by atoms with Gasteiger partial charge in [0, 0.05) is 39.9 Å². The van der Waals surface area contributed by atoms with E-state index in [2.05, 4.69) is 12.6 Å². The molecule has 0 bridgehead atoms. The molecule has 158 valence electrons. The number of imide groups is 2. The molecule has 3 heterocycles. The molecule has 3 aromatic carbocycles. The second-order valence-corrected chi connectivity index (χ2v) is 8.63. The van der Waals surface area contributed by atoms with Crippen molar-refractivity contribution in [3.63, 3.8) is 0 Å². The van der Waals surface area contributed by atoms with Crippen molar-refractivity contribution in [3.8, 4) is 0 Å². The lowest BCUT2D eigenvalue weighted by molar-refractivity contribution is 0.00723. The van der Waals surface area contributed by atoms with E-state index >= 15 is 0 Å². The number of benzene rings is 3. The van der Waals surface area contributed by atoms with Crippen molar-refractivity contribution in [1.82, 2.24) is 10.0 Å². The van der Waals surface area contributed by atoms with Crippen LogP contribution < -0.4 is 4.90 Å². The van der Waals surface area contributed by atoms with Crippen molar-refractivity contribution in [3.05, 3.63) is 70.8 Å². The molecule has 0 unspecified atom stereocenters. The fourth-order valence-electron chi connectivity index (χ4n) is 4.86. The molecule has 0 spiro atoms. The van der Waals surface area contributed by atoms with Gasteiger partial charge in [-0.15, -0.1) is 12.6 Å².